The number of carbonyl (C=O) groups is 3. The average molecular weight is 386 g/mol. The summed E-state index contributed by atoms with van der Waals surface area (Å²) in [6.07, 6.45) is 4.92. The van der Waals surface area contributed by atoms with Gasteiger partial charge in [0, 0.05) is 38.3 Å². The number of carbonyl (C=O) groups excluding carboxylic acids is 3. The Balaban J connectivity index is 1.45. The molecule has 0 bridgehead atoms. The van der Waals surface area contributed by atoms with Crippen LogP contribution in [0.25, 0.3) is 0 Å². The van der Waals surface area contributed by atoms with Crippen LogP contribution in [0.4, 0.5) is 4.79 Å². The maximum Gasteiger partial charge on any atom is 0.320 e. The Labute approximate surface area is 166 Å². The molecule has 0 radical (unpaired) electrons. The van der Waals surface area contributed by atoms with Gasteiger partial charge in [-0.1, -0.05) is 18.2 Å². The summed E-state index contributed by atoms with van der Waals surface area (Å²) in [7, 11) is 3.42. The summed E-state index contributed by atoms with van der Waals surface area (Å²) in [5.41, 5.74) is 0.671. The van der Waals surface area contributed by atoms with Gasteiger partial charge in [-0.05, 0) is 50.7 Å². The van der Waals surface area contributed by atoms with Crippen molar-refractivity contribution in [2.75, 3.05) is 20.6 Å². The molecule has 2 aliphatic rings. The largest absolute Gasteiger partial charge is 0.352 e. The van der Waals surface area contributed by atoms with E-state index in [-0.39, 0.29) is 36.0 Å². The molecule has 1 aromatic carbocycles. The van der Waals surface area contributed by atoms with Crippen molar-refractivity contribution in [1.82, 2.24) is 20.4 Å². The fraction of sp³-hybridized carbons (Fsp3) is 0.571. The molecule has 1 aliphatic heterocycles. The van der Waals surface area contributed by atoms with Crippen LogP contribution in [0.2, 0.25) is 0 Å². The first kappa shape index (κ1) is 20.2. The van der Waals surface area contributed by atoms with Gasteiger partial charge < -0.3 is 20.4 Å². The molecule has 2 fully saturated rings. The zero-order valence-corrected chi connectivity index (χ0v) is 16.7. The molecular weight excluding hydrogens is 356 g/mol. The topological polar surface area (TPSA) is 81.8 Å². The molecule has 7 nitrogen and oxygen atoms in total. The van der Waals surface area contributed by atoms with Gasteiger partial charge in [-0.2, -0.15) is 0 Å². The van der Waals surface area contributed by atoms with Crippen LogP contribution in [-0.2, 0) is 4.79 Å². The molecule has 152 valence electrons. The van der Waals surface area contributed by atoms with Crippen molar-refractivity contribution in [2.24, 2.45) is 0 Å². The van der Waals surface area contributed by atoms with Crippen molar-refractivity contribution < 1.29 is 14.4 Å². The van der Waals surface area contributed by atoms with Gasteiger partial charge in [0.2, 0.25) is 5.91 Å². The highest BCUT2D eigenvalue weighted by Gasteiger charge is 2.36. The molecule has 1 heterocycles. The molecule has 28 heavy (non-hydrogen) atoms. The van der Waals surface area contributed by atoms with E-state index in [2.05, 4.69) is 10.6 Å². The second kappa shape index (κ2) is 9.08. The first-order valence-electron chi connectivity index (χ1n) is 10.1. The third kappa shape index (κ3) is 4.82. The fourth-order valence-corrected chi connectivity index (χ4v) is 4.06. The highest BCUT2D eigenvalue weighted by molar-refractivity contribution is 5.94. The predicted molar refractivity (Wildman–Crippen MR) is 107 cm³/mol. The maximum atomic E-state index is 12.7. The van der Waals surface area contributed by atoms with E-state index in [4.69, 9.17) is 0 Å². The summed E-state index contributed by atoms with van der Waals surface area (Å²) in [5.74, 6) is -0.0960. The van der Waals surface area contributed by atoms with Crippen LogP contribution in [0.5, 0.6) is 0 Å². The highest BCUT2D eigenvalue weighted by Crippen LogP contribution is 2.22. The second-order valence-electron chi connectivity index (χ2n) is 7.93. The maximum absolute atomic E-state index is 12.7. The van der Waals surface area contributed by atoms with Crippen LogP contribution in [0.3, 0.4) is 0 Å². The lowest BCUT2D eigenvalue weighted by Crippen LogP contribution is -2.52. The molecule has 2 N–H and O–H groups in total. The number of amides is 4. The normalized spacial score (nSPS) is 24.5. The van der Waals surface area contributed by atoms with Crippen LogP contribution in [0.1, 0.15) is 48.9 Å². The Morgan fingerprint density at radius 3 is 2.14 bits per heavy atom. The third-order valence-electron chi connectivity index (χ3n) is 5.63. The average Bonchev–Trinajstić information content (AvgIpc) is 3.19. The van der Waals surface area contributed by atoms with Crippen LogP contribution >= 0.6 is 0 Å². The minimum absolute atomic E-state index is 0.0446. The standard InChI is InChI=1S/C21H30N4O3/c1-24(2)21(28)25-14-6-9-18(25)20(27)23-17-12-10-16(11-13-17)22-19(26)15-7-4-3-5-8-15/h3-5,7-8,16-18H,6,9-14H2,1-2H3,(H,22,26)(H,23,27)/t16?,17?,18-/m1/s1. The van der Waals surface area contributed by atoms with E-state index in [0.29, 0.717) is 18.5 Å². The number of hydrogen-bond acceptors (Lipinski definition) is 3. The summed E-state index contributed by atoms with van der Waals surface area (Å²) in [5, 5.41) is 6.21. The first-order valence-corrected chi connectivity index (χ1v) is 10.1. The van der Waals surface area contributed by atoms with Gasteiger partial charge in [0.25, 0.3) is 5.91 Å². The van der Waals surface area contributed by atoms with Gasteiger partial charge in [-0.25, -0.2) is 4.79 Å². The molecule has 3 rings (SSSR count). The van der Waals surface area contributed by atoms with Gasteiger partial charge >= 0.3 is 6.03 Å². The van der Waals surface area contributed by atoms with E-state index >= 15 is 0 Å². The lowest BCUT2D eigenvalue weighted by molar-refractivity contribution is -0.125. The van der Waals surface area contributed by atoms with E-state index in [9.17, 15) is 14.4 Å². The molecule has 1 aliphatic carbocycles. The van der Waals surface area contributed by atoms with E-state index in [0.717, 1.165) is 32.1 Å². The zero-order valence-electron chi connectivity index (χ0n) is 16.7. The number of rotatable bonds is 4. The SMILES string of the molecule is CN(C)C(=O)N1CCC[C@@H]1C(=O)NC1CCC(NC(=O)c2ccccc2)CC1. The second-order valence-corrected chi connectivity index (χ2v) is 7.93. The van der Waals surface area contributed by atoms with Gasteiger partial charge in [0.15, 0.2) is 0 Å². The monoisotopic (exact) mass is 386 g/mol. The third-order valence-corrected chi connectivity index (χ3v) is 5.63. The molecule has 1 atom stereocenters. The molecule has 4 amide bonds. The Kier molecular flexibility index (Phi) is 6.54. The fourth-order valence-electron chi connectivity index (χ4n) is 4.06. The van der Waals surface area contributed by atoms with Crippen LogP contribution in [0.15, 0.2) is 30.3 Å². The molecule has 1 aromatic rings. The van der Waals surface area contributed by atoms with Crippen LogP contribution < -0.4 is 10.6 Å². The minimum Gasteiger partial charge on any atom is -0.352 e. The zero-order chi connectivity index (χ0) is 20.1. The van der Waals surface area contributed by atoms with Crippen molar-refractivity contribution in [3.05, 3.63) is 35.9 Å². The van der Waals surface area contributed by atoms with Crippen molar-refractivity contribution in [1.29, 1.82) is 0 Å². The number of nitrogens with zero attached hydrogens (tertiary/aromatic N) is 2. The lowest BCUT2D eigenvalue weighted by Gasteiger charge is -2.32. The van der Waals surface area contributed by atoms with E-state index in [1.165, 1.54) is 4.90 Å². The molecule has 1 saturated carbocycles. The molecular formula is C21H30N4O3. The van der Waals surface area contributed by atoms with Gasteiger partial charge in [-0.3, -0.25) is 9.59 Å². The van der Waals surface area contributed by atoms with Gasteiger partial charge in [0.05, 0.1) is 0 Å². The number of benzene rings is 1. The van der Waals surface area contributed by atoms with E-state index in [1.54, 1.807) is 19.0 Å². The summed E-state index contributed by atoms with van der Waals surface area (Å²) >= 11 is 0. The molecule has 1 saturated heterocycles. The number of nitrogens with one attached hydrogen (secondary N) is 2. The summed E-state index contributed by atoms with van der Waals surface area (Å²) in [6.45, 7) is 0.632. The van der Waals surface area contributed by atoms with Crippen molar-refractivity contribution in [3.8, 4) is 0 Å². The van der Waals surface area contributed by atoms with Gasteiger partial charge in [0.1, 0.15) is 6.04 Å². The van der Waals surface area contributed by atoms with Crippen molar-refractivity contribution in [3.63, 3.8) is 0 Å². The van der Waals surface area contributed by atoms with E-state index < -0.39 is 0 Å². The minimum atomic E-state index is -0.370. The molecule has 0 aromatic heterocycles. The molecule has 0 unspecified atom stereocenters. The highest BCUT2D eigenvalue weighted by atomic mass is 16.2. The van der Waals surface area contributed by atoms with Crippen LogP contribution in [0, 0.1) is 0 Å². The lowest BCUT2D eigenvalue weighted by atomic mass is 9.90. The summed E-state index contributed by atoms with van der Waals surface area (Å²) in [4.78, 5) is 40.4. The predicted octanol–water partition coefficient (Wildman–Crippen LogP) is 1.99. The molecule has 7 heteroatoms. The summed E-state index contributed by atoms with van der Waals surface area (Å²) in [6, 6.07) is 8.99. The quantitative estimate of drug-likeness (QED) is 0.830. The number of likely N-dealkylation sites (tertiary alicyclic amines) is 1. The Bertz CT molecular complexity index is 699. The first-order chi connectivity index (χ1) is 13.5. The Hall–Kier alpha value is -2.57. The number of hydrogen-bond donors (Lipinski definition) is 2. The summed E-state index contributed by atoms with van der Waals surface area (Å²) < 4.78 is 0. The smallest absolute Gasteiger partial charge is 0.320 e. The Morgan fingerprint density at radius 2 is 1.54 bits per heavy atom. The van der Waals surface area contributed by atoms with Crippen molar-refractivity contribution in [2.45, 2.75) is 56.7 Å². The van der Waals surface area contributed by atoms with Crippen molar-refractivity contribution >= 4 is 17.8 Å². The van der Waals surface area contributed by atoms with Crippen LogP contribution in [-0.4, -0.2) is 66.4 Å². The molecule has 0 spiro atoms. The number of urea groups is 1. The Morgan fingerprint density at radius 1 is 0.929 bits per heavy atom. The van der Waals surface area contributed by atoms with Gasteiger partial charge in [-0.15, -0.1) is 0 Å². The van der Waals surface area contributed by atoms with E-state index in [1.807, 2.05) is 30.3 Å².